The number of benzene rings is 3. The van der Waals surface area contributed by atoms with Crippen LogP contribution in [0.25, 0.3) is 33.0 Å². The lowest BCUT2D eigenvalue weighted by atomic mass is 10.0. The summed E-state index contributed by atoms with van der Waals surface area (Å²) in [5, 5.41) is 5.50. The van der Waals surface area contributed by atoms with Crippen LogP contribution in [-0.4, -0.2) is 14.1 Å². The molecule has 1 aliphatic carbocycles. The van der Waals surface area contributed by atoms with Crippen molar-refractivity contribution in [3.05, 3.63) is 60.7 Å². The SMILES string of the molecule is CC.CNC.c1ccc2c(c1)-c1cccc3cccc-2c13. The van der Waals surface area contributed by atoms with Crippen molar-refractivity contribution >= 4 is 10.8 Å². The van der Waals surface area contributed by atoms with Gasteiger partial charge in [-0.2, -0.15) is 0 Å². The van der Waals surface area contributed by atoms with Crippen LogP contribution < -0.4 is 5.32 Å². The highest BCUT2D eigenvalue weighted by Crippen LogP contribution is 2.46. The second-order valence-corrected chi connectivity index (χ2v) is 4.75. The van der Waals surface area contributed by atoms with E-state index in [1.54, 1.807) is 0 Å². The first-order valence-electron chi connectivity index (χ1n) is 7.57. The van der Waals surface area contributed by atoms with Crippen LogP contribution in [0, 0.1) is 0 Å². The van der Waals surface area contributed by atoms with Gasteiger partial charge in [-0.25, -0.2) is 0 Å². The van der Waals surface area contributed by atoms with Crippen LogP contribution in [0.1, 0.15) is 13.8 Å². The van der Waals surface area contributed by atoms with Gasteiger partial charge in [-0.3, -0.25) is 0 Å². The van der Waals surface area contributed by atoms with E-state index in [9.17, 15) is 0 Å². The Labute approximate surface area is 127 Å². The van der Waals surface area contributed by atoms with E-state index in [1.165, 1.54) is 33.0 Å². The molecule has 4 rings (SSSR count). The molecule has 0 radical (unpaired) electrons. The topological polar surface area (TPSA) is 12.0 Å². The van der Waals surface area contributed by atoms with Crippen molar-refractivity contribution in [1.82, 2.24) is 5.32 Å². The van der Waals surface area contributed by atoms with Gasteiger partial charge in [-0.1, -0.05) is 74.5 Å². The second kappa shape index (κ2) is 7.05. The summed E-state index contributed by atoms with van der Waals surface area (Å²) in [4.78, 5) is 0. The van der Waals surface area contributed by atoms with Crippen LogP contribution in [0.15, 0.2) is 60.7 Å². The van der Waals surface area contributed by atoms with Gasteiger partial charge in [0.25, 0.3) is 0 Å². The van der Waals surface area contributed by atoms with Gasteiger partial charge in [0.2, 0.25) is 0 Å². The van der Waals surface area contributed by atoms with Crippen molar-refractivity contribution in [2.45, 2.75) is 13.8 Å². The minimum atomic E-state index is 1.34. The molecular formula is C20H23N. The summed E-state index contributed by atoms with van der Waals surface area (Å²) in [5.74, 6) is 0. The van der Waals surface area contributed by atoms with Gasteiger partial charge in [0, 0.05) is 0 Å². The fraction of sp³-hybridized carbons (Fsp3) is 0.200. The molecule has 0 unspecified atom stereocenters. The normalized spacial score (nSPS) is 10.1. The first-order chi connectivity index (χ1) is 10.4. The Morgan fingerprint density at radius 1 is 0.571 bits per heavy atom. The molecule has 0 bridgehead atoms. The number of rotatable bonds is 0. The average Bonchev–Trinajstić information content (AvgIpc) is 2.88. The predicted octanol–water partition coefficient (Wildman–Crippen LogP) is 5.35. The third-order valence-electron chi connectivity index (χ3n) is 3.41. The van der Waals surface area contributed by atoms with E-state index >= 15 is 0 Å². The van der Waals surface area contributed by atoms with Gasteiger partial charge in [0.15, 0.2) is 0 Å². The van der Waals surface area contributed by atoms with Crippen molar-refractivity contribution in [2.24, 2.45) is 0 Å². The van der Waals surface area contributed by atoms with E-state index < -0.39 is 0 Å². The lowest BCUT2D eigenvalue weighted by molar-refractivity contribution is 1.02. The molecule has 1 nitrogen and oxygen atoms in total. The highest BCUT2D eigenvalue weighted by Gasteiger charge is 2.19. The van der Waals surface area contributed by atoms with E-state index in [0.29, 0.717) is 0 Å². The molecular weight excluding hydrogens is 254 g/mol. The molecule has 0 fully saturated rings. The van der Waals surface area contributed by atoms with Crippen LogP contribution in [0.5, 0.6) is 0 Å². The molecule has 0 saturated heterocycles. The molecule has 0 aromatic heterocycles. The fourth-order valence-electron chi connectivity index (χ4n) is 2.74. The average molecular weight is 277 g/mol. The fourth-order valence-corrected chi connectivity index (χ4v) is 2.74. The third kappa shape index (κ3) is 2.70. The van der Waals surface area contributed by atoms with Crippen molar-refractivity contribution in [1.29, 1.82) is 0 Å². The molecule has 108 valence electrons. The number of hydrogen-bond donors (Lipinski definition) is 1. The Hall–Kier alpha value is -2.12. The smallest absolute Gasteiger partial charge is 0.00264 e. The standard InChI is InChI=1S/C16H10.C2H7N.C2H6/c1-2-8-13-12(7-1)14-9-3-5-11-6-4-10-15(13)16(11)14;1-3-2;1-2/h1-10H;3H,1-2H3;1-2H3. The number of hydrogen-bond acceptors (Lipinski definition) is 1. The maximum absolute atomic E-state index is 2.75. The van der Waals surface area contributed by atoms with E-state index in [1.807, 2.05) is 27.9 Å². The lowest BCUT2D eigenvalue weighted by Crippen LogP contribution is -1.89. The van der Waals surface area contributed by atoms with Crippen LogP contribution in [0.3, 0.4) is 0 Å². The van der Waals surface area contributed by atoms with Gasteiger partial charge in [-0.15, -0.1) is 0 Å². The van der Waals surface area contributed by atoms with Crippen molar-refractivity contribution in [3.8, 4) is 22.3 Å². The van der Waals surface area contributed by atoms with Crippen LogP contribution in [0.2, 0.25) is 0 Å². The summed E-state index contributed by atoms with van der Waals surface area (Å²) in [6.07, 6.45) is 0. The van der Waals surface area contributed by atoms with Gasteiger partial charge in [0.1, 0.15) is 0 Å². The van der Waals surface area contributed by atoms with Crippen molar-refractivity contribution in [2.75, 3.05) is 14.1 Å². The van der Waals surface area contributed by atoms with Crippen molar-refractivity contribution < 1.29 is 0 Å². The first-order valence-corrected chi connectivity index (χ1v) is 7.57. The molecule has 1 N–H and O–H groups in total. The van der Waals surface area contributed by atoms with Gasteiger partial charge >= 0.3 is 0 Å². The van der Waals surface area contributed by atoms with Gasteiger partial charge in [-0.05, 0) is 47.1 Å². The summed E-state index contributed by atoms with van der Waals surface area (Å²) in [5.41, 5.74) is 5.50. The largest absolute Gasteiger partial charge is 0.323 e. The monoisotopic (exact) mass is 277 g/mol. The predicted molar refractivity (Wildman–Crippen MR) is 94.7 cm³/mol. The zero-order valence-electron chi connectivity index (χ0n) is 13.3. The van der Waals surface area contributed by atoms with Crippen LogP contribution in [0.4, 0.5) is 0 Å². The molecule has 0 spiro atoms. The van der Waals surface area contributed by atoms with Crippen molar-refractivity contribution in [3.63, 3.8) is 0 Å². The van der Waals surface area contributed by atoms with E-state index in [4.69, 9.17) is 0 Å². The molecule has 0 aliphatic heterocycles. The summed E-state index contributed by atoms with van der Waals surface area (Å²) in [6.45, 7) is 4.00. The zero-order chi connectivity index (χ0) is 15.2. The molecule has 3 aromatic carbocycles. The van der Waals surface area contributed by atoms with E-state index in [2.05, 4.69) is 66.0 Å². The molecule has 0 saturated carbocycles. The van der Waals surface area contributed by atoms with E-state index in [0.717, 1.165) is 0 Å². The highest BCUT2D eigenvalue weighted by atomic mass is 14.7. The van der Waals surface area contributed by atoms with E-state index in [-0.39, 0.29) is 0 Å². The minimum absolute atomic E-state index is 1.34. The zero-order valence-corrected chi connectivity index (χ0v) is 13.3. The summed E-state index contributed by atoms with van der Waals surface area (Å²) in [6, 6.07) is 21.8. The Morgan fingerprint density at radius 3 is 1.38 bits per heavy atom. The second-order valence-electron chi connectivity index (χ2n) is 4.75. The Morgan fingerprint density at radius 2 is 0.952 bits per heavy atom. The molecule has 1 aliphatic rings. The lowest BCUT2D eigenvalue weighted by Gasteiger charge is -2.00. The van der Waals surface area contributed by atoms with Gasteiger partial charge in [0.05, 0.1) is 0 Å². The summed E-state index contributed by atoms with van der Waals surface area (Å²) in [7, 11) is 3.75. The third-order valence-corrected chi connectivity index (χ3v) is 3.41. The molecule has 0 atom stereocenters. The Kier molecular flexibility index (Phi) is 5.13. The molecule has 0 amide bonds. The van der Waals surface area contributed by atoms with Gasteiger partial charge < -0.3 is 5.32 Å². The quantitative estimate of drug-likeness (QED) is 0.457. The maximum Gasteiger partial charge on any atom is -0.00264 e. The number of fused-ring (bicyclic) bond motifs is 3. The highest BCUT2D eigenvalue weighted by molar-refractivity contribution is 6.15. The van der Waals surface area contributed by atoms with Crippen LogP contribution >= 0.6 is 0 Å². The Balaban J connectivity index is 0.000000291. The molecule has 1 heteroatoms. The molecule has 3 aromatic rings. The summed E-state index contributed by atoms with van der Waals surface area (Å²) < 4.78 is 0. The number of nitrogens with one attached hydrogen (secondary N) is 1. The summed E-state index contributed by atoms with van der Waals surface area (Å²) >= 11 is 0. The Bertz CT molecular complexity index is 671. The molecule has 21 heavy (non-hydrogen) atoms. The molecule has 0 heterocycles. The minimum Gasteiger partial charge on any atom is -0.323 e. The first kappa shape index (κ1) is 15.3. The maximum atomic E-state index is 2.75. The van der Waals surface area contributed by atoms with Crippen LogP contribution in [-0.2, 0) is 0 Å².